The summed E-state index contributed by atoms with van der Waals surface area (Å²) in [6.07, 6.45) is 5.92. The van der Waals surface area contributed by atoms with Gasteiger partial charge >= 0.3 is 0 Å². The molecule has 1 N–H and O–H groups in total. The van der Waals surface area contributed by atoms with Crippen LogP contribution in [0.25, 0.3) is 0 Å². The maximum absolute atomic E-state index is 13.7. The number of halogens is 2. The normalized spacial score (nSPS) is 15.1. The number of rotatable bonds is 10. The van der Waals surface area contributed by atoms with Crippen LogP contribution in [0.15, 0.2) is 42.5 Å². The standard InChI is InChI=1S/C26H33ClFN3O5S/c1-18(26(33)29-22-7-5-4-6-8-22)30(16-19-9-12-21(28)13-10-19)25(32)17-31(37(3,34)35)23-15-20(27)11-14-24(23)36-2/h9-15,18,22H,4-8,16-17H2,1-3H3,(H,29,33)/t18-/m1/s1. The van der Waals surface area contributed by atoms with Crippen LogP contribution in [0.3, 0.4) is 0 Å². The Hall–Kier alpha value is -2.85. The summed E-state index contributed by atoms with van der Waals surface area (Å²) in [5, 5.41) is 3.29. The number of sulfonamides is 1. The number of nitrogens with zero attached hydrogens (tertiary/aromatic N) is 2. The van der Waals surface area contributed by atoms with E-state index in [1.807, 2.05) is 0 Å². The molecule has 2 amide bonds. The fraction of sp³-hybridized carbons (Fsp3) is 0.462. The number of anilines is 1. The molecule has 0 saturated heterocycles. The first-order chi connectivity index (χ1) is 17.5. The van der Waals surface area contributed by atoms with Crippen molar-refractivity contribution in [3.8, 4) is 5.75 Å². The second-order valence-corrected chi connectivity index (χ2v) is 11.6. The predicted molar refractivity (Wildman–Crippen MR) is 142 cm³/mol. The summed E-state index contributed by atoms with van der Waals surface area (Å²) in [6.45, 7) is 1.00. The minimum atomic E-state index is -3.95. The minimum Gasteiger partial charge on any atom is -0.495 e. The van der Waals surface area contributed by atoms with Crippen LogP contribution in [0.1, 0.15) is 44.6 Å². The zero-order valence-electron chi connectivity index (χ0n) is 21.2. The van der Waals surface area contributed by atoms with E-state index in [9.17, 15) is 22.4 Å². The van der Waals surface area contributed by atoms with Gasteiger partial charge in [0.05, 0.1) is 19.1 Å². The third-order valence-electron chi connectivity index (χ3n) is 6.47. The molecule has 0 aliphatic heterocycles. The number of hydrogen-bond donors (Lipinski definition) is 1. The van der Waals surface area contributed by atoms with Gasteiger partial charge in [-0.05, 0) is 55.7 Å². The Bertz CT molecular complexity index is 1200. The van der Waals surface area contributed by atoms with Crippen molar-refractivity contribution in [2.45, 2.75) is 57.7 Å². The fourth-order valence-corrected chi connectivity index (χ4v) is 5.40. The Morgan fingerprint density at radius 1 is 1.14 bits per heavy atom. The van der Waals surface area contributed by atoms with Gasteiger partial charge in [-0.3, -0.25) is 13.9 Å². The van der Waals surface area contributed by atoms with Crippen molar-refractivity contribution in [3.63, 3.8) is 0 Å². The van der Waals surface area contributed by atoms with E-state index in [1.165, 1.54) is 48.4 Å². The van der Waals surface area contributed by atoms with E-state index in [4.69, 9.17) is 16.3 Å². The summed E-state index contributed by atoms with van der Waals surface area (Å²) in [7, 11) is -2.56. The van der Waals surface area contributed by atoms with Gasteiger partial charge in [-0.2, -0.15) is 0 Å². The SMILES string of the molecule is COc1ccc(Cl)cc1N(CC(=O)N(Cc1ccc(F)cc1)[C@H](C)C(=O)NC1CCCCC1)S(C)(=O)=O. The number of ether oxygens (including phenoxy) is 1. The molecule has 1 aliphatic carbocycles. The van der Waals surface area contributed by atoms with Gasteiger partial charge in [0.2, 0.25) is 21.8 Å². The quantitative estimate of drug-likeness (QED) is 0.477. The van der Waals surface area contributed by atoms with Crippen LogP contribution in [0.2, 0.25) is 5.02 Å². The van der Waals surface area contributed by atoms with Gasteiger partial charge in [-0.1, -0.05) is 43.0 Å². The number of nitrogens with one attached hydrogen (secondary N) is 1. The lowest BCUT2D eigenvalue weighted by Gasteiger charge is -2.33. The molecule has 0 spiro atoms. The Morgan fingerprint density at radius 2 is 1.78 bits per heavy atom. The molecule has 8 nitrogen and oxygen atoms in total. The number of amides is 2. The molecule has 0 heterocycles. The number of carbonyl (C=O) groups excluding carboxylic acids is 2. The monoisotopic (exact) mass is 553 g/mol. The van der Waals surface area contributed by atoms with E-state index in [1.54, 1.807) is 13.0 Å². The van der Waals surface area contributed by atoms with Crippen molar-refractivity contribution in [2.24, 2.45) is 0 Å². The highest BCUT2D eigenvalue weighted by Crippen LogP contribution is 2.33. The van der Waals surface area contributed by atoms with Gasteiger partial charge in [-0.15, -0.1) is 0 Å². The third-order valence-corrected chi connectivity index (χ3v) is 7.84. The average Bonchev–Trinajstić information content (AvgIpc) is 2.86. The smallest absolute Gasteiger partial charge is 0.244 e. The van der Waals surface area contributed by atoms with Crippen LogP contribution in [-0.2, 0) is 26.2 Å². The molecule has 2 aromatic rings. The number of hydrogen-bond acceptors (Lipinski definition) is 5. The van der Waals surface area contributed by atoms with Gasteiger partial charge in [0, 0.05) is 17.6 Å². The summed E-state index contributed by atoms with van der Waals surface area (Å²) < 4.78 is 45.2. The van der Waals surface area contributed by atoms with Crippen molar-refractivity contribution < 1.29 is 27.1 Å². The molecule has 1 atom stereocenters. The van der Waals surface area contributed by atoms with Gasteiger partial charge in [0.15, 0.2) is 0 Å². The zero-order chi connectivity index (χ0) is 27.2. The predicted octanol–water partition coefficient (Wildman–Crippen LogP) is 4.12. The second-order valence-electron chi connectivity index (χ2n) is 9.25. The van der Waals surface area contributed by atoms with Crippen LogP contribution < -0.4 is 14.4 Å². The molecule has 0 unspecified atom stereocenters. The fourth-order valence-electron chi connectivity index (χ4n) is 4.39. The first-order valence-corrected chi connectivity index (χ1v) is 14.4. The maximum atomic E-state index is 13.7. The Kier molecular flexibility index (Phi) is 9.78. The molecule has 0 radical (unpaired) electrons. The topological polar surface area (TPSA) is 96.0 Å². The average molecular weight is 554 g/mol. The van der Waals surface area contributed by atoms with Gasteiger partial charge in [0.1, 0.15) is 24.2 Å². The lowest BCUT2D eigenvalue weighted by Crippen LogP contribution is -2.53. The molecule has 0 aromatic heterocycles. The largest absolute Gasteiger partial charge is 0.495 e. The minimum absolute atomic E-state index is 0.0113. The van der Waals surface area contributed by atoms with Crippen LogP contribution >= 0.6 is 11.6 Å². The lowest BCUT2D eigenvalue weighted by atomic mass is 9.95. The van der Waals surface area contributed by atoms with E-state index < -0.39 is 34.3 Å². The van der Waals surface area contributed by atoms with Crippen molar-refractivity contribution >= 4 is 39.1 Å². The molecule has 1 fully saturated rings. The van der Waals surface area contributed by atoms with Crippen molar-refractivity contribution in [1.29, 1.82) is 0 Å². The van der Waals surface area contributed by atoms with Crippen LogP contribution in [0, 0.1) is 5.82 Å². The third kappa shape index (κ3) is 7.82. The Morgan fingerprint density at radius 3 is 2.38 bits per heavy atom. The van der Waals surface area contributed by atoms with Crippen LogP contribution in [0.4, 0.5) is 10.1 Å². The molecule has 202 valence electrons. The first kappa shape index (κ1) is 28.7. The highest BCUT2D eigenvalue weighted by Gasteiger charge is 2.32. The molecule has 1 saturated carbocycles. The van der Waals surface area contributed by atoms with Crippen molar-refractivity contribution in [3.05, 3.63) is 58.9 Å². The molecule has 2 aromatic carbocycles. The van der Waals surface area contributed by atoms with Crippen molar-refractivity contribution in [2.75, 3.05) is 24.2 Å². The van der Waals surface area contributed by atoms with Gasteiger partial charge in [-0.25, -0.2) is 12.8 Å². The van der Waals surface area contributed by atoms with E-state index in [0.717, 1.165) is 42.7 Å². The molecular weight excluding hydrogens is 521 g/mol. The lowest BCUT2D eigenvalue weighted by molar-refractivity contribution is -0.139. The van der Waals surface area contributed by atoms with E-state index in [-0.39, 0.29) is 35.0 Å². The molecule has 37 heavy (non-hydrogen) atoms. The number of methoxy groups -OCH3 is 1. The molecule has 3 rings (SSSR count). The second kappa shape index (κ2) is 12.6. The first-order valence-electron chi connectivity index (χ1n) is 12.1. The summed E-state index contributed by atoms with van der Waals surface area (Å²) in [5.41, 5.74) is 0.699. The van der Waals surface area contributed by atoms with E-state index in [2.05, 4.69) is 5.32 Å². The van der Waals surface area contributed by atoms with E-state index >= 15 is 0 Å². The molecular formula is C26H33ClFN3O5S. The van der Waals surface area contributed by atoms with Crippen molar-refractivity contribution in [1.82, 2.24) is 10.2 Å². The maximum Gasteiger partial charge on any atom is 0.244 e. The Balaban J connectivity index is 1.91. The number of carbonyl (C=O) groups is 2. The molecule has 0 bridgehead atoms. The Labute approximate surface area is 222 Å². The zero-order valence-corrected chi connectivity index (χ0v) is 22.8. The highest BCUT2D eigenvalue weighted by molar-refractivity contribution is 7.92. The molecule has 11 heteroatoms. The summed E-state index contributed by atoms with van der Waals surface area (Å²) in [4.78, 5) is 28.1. The number of benzene rings is 2. The van der Waals surface area contributed by atoms with E-state index in [0.29, 0.717) is 5.56 Å². The van der Waals surface area contributed by atoms with Gasteiger partial charge in [0.25, 0.3) is 0 Å². The summed E-state index contributed by atoms with van der Waals surface area (Å²) >= 11 is 6.12. The van der Waals surface area contributed by atoms with Crippen LogP contribution in [-0.4, -0.2) is 57.1 Å². The summed E-state index contributed by atoms with van der Waals surface area (Å²) in [5.74, 6) is -1.14. The molecule has 1 aliphatic rings. The highest BCUT2D eigenvalue weighted by atomic mass is 35.5. The van der Waals surface area contributed by atoms with Gasteiger partial charge < -0.3 is 15.0 Å². The summed E-state index contributed by atoms with van der Waals surface area (Å²) in [6, 6.07) is 9.18. The van der Waals surface area contributed by atoms with Crippen LogP contribution in [0.5, 0.6) is 5.75 Å².